The molecule has 4 nitrogen and oxygen atoms in total. The maximum absolute atomic E-state index is 12.9. The average Bonchev–Trinajstić information content (AvgIpc) is 3.07. The maximum Gasteiger partial charge on any atom is 0.267 e. The van der Waals surface area contributed by atoms with Crippen LogP contribution in [-0.4, -0.2) is 29.0 Å². The molecule has 2 heterocycles. The molecule has 0 atom stereocenters. The average molecular weight is 363 g/mol. The van der Waals surface area contributed by atoms with Crippen molar-refractivity contribution < 1.29 is 14.0 Å². The summed E-state index contributed by atoms with van der Waals surface area (Å²) in [7, 11) is 0. The van der Waals surface area contributed by atoms with Crippen molar-refractivity contribution in [1.29, 1.82) is 0 Å². The molecule has 4 rings (SSSR count). The van der Waals surface area contributed by atoms with Crippen molar-refractivity contribution in [2.24, 2.45) is 0 Å². The smallest absolute Gasteiger partial charge is 0.267 e. The van der Waals surface area contributed by atoms with Gasteiger partial charge in [0.15, 0.2) is 0 Å². The van der Waals surface area contributed by atoms with E-state index in [4.69, 9.17) is 4.42 Å². The van der Waals surface area contributed by atoms with Crippen molar-refractivity contribution in [2.75, 3.05) is 12.3 Å². The number of thioether (sulfide) groups is 1. The number of benzene rings is 2. The molecule has 130 valence electrons. The number of hydrogen-bond donors (Lipinski definition) is 0. The van der Waals surface area contributed by atoms with Gasteiger partial charge in [0.2, 0.25) is 0 Å². The van der Waals surface area contributed by atoms with Crippen LogP contribution in [0.25, 0.3) is 16.8 Å². The molecule has 0 radical (unpaired) electrons. The summed E-state index contributed by atoms with van der Waals surface area (Å²) in [5, 5.41) is 2.05. The molecule has 26 heavy (non-hydrogen) atoms. The quantitative estimate of drug-likeness (QED) is 0.497. The lowest BCUT2D eigenvalue weighted by molar-refractivity contribution is -0.123. The molecule has 1 saturated heterocycles. The molecular weight excluding hydrogens is 346 g/mol. The highest BCUT2D eigenvalue weighted by atomic mass is 32.2. The molecule has 0 aliphatic carbocycles. The molecule has 0 saturated carbocycles. The topological polar surface area (TPSA) is 50.5 Å². The number of rotatable bonds is 2. The molecule has 1 aliphatic heterocycles. The molecule has 5 heteroatoms. The third-order valence-corrected chi connectivity index (χ3v) is 5.29. The summed E-state index contributed by atoms with van der Waals surface area (Å²) in [6.45, 7) is 2.26. The maximum atomic E-state index is 12.9. The van der Waals surface area contributed by atoms with E-state index in [1.165, 1.54) is 16.7 Å². The van der Waals surface area contributed by atoms with Crippen LogP contribution >= 0.6 is 11.8 Å². The van der Waals surface area contributed by atoms with Gasteiger partial charge in [-0.3, -0.25) is 14.5 Å². The first-order chi connectivity index (χ1) is 12.6. The van der Waals surface area contributed by atoms with Crippen LogP contribution in [0.1, 0.15) is 21.9 Å². The van der Waals surface area contributed by atoms with E-state index < -0.39 is 0 Å². The minimum atomic E-state index is -0.270. The number of furan rings is 1. The Morgan fingerprint density at radius 2 is 1.92 bits per heavy atom. The van der Waals surface area contributed by atoms with Gasteiger partial charge < -0.3 is 4.42 Å². The van der Waals surface area contributed by atoms with Crippen molar-refractivity contribution >= 4 is 40.4 Å². The largest absolute Gasteiger partial charge is 0.462 e. The molecule has 2 aromatic carbocycles. The fraction of sp³-hybridized carbons (Fsp3) is 0.143. The van der Waals surface area contributed by atoms with Crippen molar-refractivity contribution in [3.05, 3.63) is 76.6 Å². The first kappa shape index (κ1) is 16.7. The highest BCUT2D eigenvalue weighted by Gasteiger charge is 2.30. The zero-order valence-electron chi connectivity index (χ0n) is 14.3. The van der Waals surface area contributed by atoms with E-state index >= 15 is 0 Å². The highest BCUT2D eigenvalue weighted by Crippen LogP contribution is 2.28. The number of carbonyl (C=O) groups excluding carboxylic acids is 2. The monoisotopic (exact) mass is 363 g/mol. The zero-order chi connectivity index (χ0) is 18.1. The zero-order valence-corrected chi connectivity index (χ0v) is 15.1. The van der Waals surface area contributed by atoms with Gasteiger partial charge in [-0.1, -0.05) is 30.3 Å². The predicted octanol–water partition coefficient (Wildman–Crippen LogP) is 4.50. The minimum absolute atomic E-state index is 0.262. The van der Waals surface area contributed by atoms with E-state index in [1.54, 1.807) is 12.1 Å². The Morgan fingerprint density at radius 3 is 2.69 bits per heavy atom. The lowest BCUT2D eigenvalue weighted by Gasteiger charge is -2.26. The highest BCUT2D eigenvalue weighted by molar-refractivity contribution is 8.04. The second kappa shape index (κ2) is 6.84. The Balaban J connectivity index is 1.62. The molecule has 1 fully saturated rings. The first-order valence-corrected chi connectivity index (χ1v) is 9.36. The van der Waals surface area contributed by atoms with E-state index in [0.29, 0.717) is 28.5 Å². The number of amides is 2. The van der Waals surface area contributed by atoms with Crippen LogP contribution < -0.4 is 0 Å². The molecule has 1 aromatic heterocycles. The number of nitrogens with zero attached hydrogens (tertiary/aromatic N) is 1. The van der Waals surface area contributed by atoms with Gasteiger partial charge in [0, 0.05) is 17.9 Å². The summed E-state index contributed by atoms with van der Waals surface area (Å²) >= 11 is 1.45. The molecular formula is C21H17NO3S. The fourth-order valence-corrected chi connectivity index (χ4v) is 3.91. The molecule has 3 aromatic rings. The van der Waals surface area contributed by atoms with Gasteiger partial charge in [0.1, 0.15) is 11.5 Å². The van der Waals surface area contributed by atoms with Gasteiger partial charge in [0.05, 0.1) is 4.91 Å². The van der Waals surface area contributed by atoms with Crippen LogP contribution in [-0.2, 0) is 4.79 Å². The molecule has 1 aliphatic rings. The van der Waals surface area contributed by atoms with Crippen LogP contribution in [0.3, 0.4) is 0 Å². The molecule has 0 unspecified atom stereocenters. The lowest BCUT2D eigenvalue weighted by Crippen LogP contribution is -2.41. The summed E-state index contributed by atoms with van der Waals surface area (Å²) in [6, 6.07) is 17.1. The van der Waals surface area contributed by atoms with E-state index in [-0.39, 0.29) is 11.8 Å². The number of hydrogen-bond acceptors (Lipinski definition) is 4. The van der Waals surface area contributed by atoms with Gasteiger partial charge in [-0.15, -0.1) is 11.8 Å². The van der Waals surface area contributed by atoms with Gasteiger partial charge in [-0.2, -0.15) is 0 Å². The normalized spacial score (nSPS) is 16.4. The summed E-state index contributed by atoms with van der Waals surface area (Å²) in [5.74, 6) is 1.56. The fourth-order valence-electron chi connectivity index (χ4n) is 2.98. The Bertz CT molecular complexity index is 1030. The Kier molecular flexibility index (Phi) is 4.39. The molecule has 0 bridgehead atoms. The van der Waals surface area contributed by atoms with E-state index in [1.807, 2.05) is 55.5 Å². The number of fused-ring (bicyclic) bond motifs is 1. The van der Waals surface area contributed by atoms with Crippen molar-refractivity contribution in [3.8, 4) is 0 Å². The third-order valence-electron chi connectivity index (χ3n) is 4.30. The molecule has 0 N–H and O–H groups in total. The number of imide groups is 1. The van der Waals surface area contributed by atoms with Crippen LogP contribution in [0.15, 0.2) is 63.9 Å². The number of aryl methyl sites for hydroxylation is 1. The summed E-state index contributed by atoms with van der Waals surface area (Å²) in [6.07, 6.45) is 1.71. The summed E-state index contributed by atoms with van der Waals surface area (Å²) in [4.78, 5) is 27.5. The van der Waals surface area contributed by atoms with E-state index in [0.717, 1.165) is 16.5 Å². The van der Waals surface area contributed by atoms with Gasteiger partial charge in [-0.05, 0) is 48.0 Å². The van der Waals surface area contributed by atoms with E-state index in [9.17, 15) is 9.59 Å². The van der Waals surface area contributed by atoms with Gasteiger partial charge in [0.25, 0.3) is 11.8 Å². The van der Waals surface area contributed by atoms with Crippen LogP contribution in [0.4, 0.5) is 0 Å². The van der Waals surface area contributed by atoms with Crippen LogP contribution in [0, 0.1) is 6.92 Å². The molecule has 0 spiro atoms. The van der Waals surface area contributed by atoms with Crippen molar-refractivity contribution in [1.82, 2.24) is 4.90 Å². The number of carbonyl (C=O) groups is 2. The molecule has 2 amide bonds. The Morgan fingerprint density at radius 1 is 1.12 bits per heavy atom. The van der Waals surface area contributed by atoms with Crippen molar-refractivity contribution in [3.63, 3.8) is 0 Å². The Labute approximate surface area is 155 Å². The summed E-state index contributed by atoms with van der Waals surface area (Å²) < 4.78 is 5.52. The summed E-state index contributed by atoms with van der Waals surface area (Å²) in [5.41, 5.74) is 0.525. The second-order valence-electron chi connectivity index (χ2n) is 6.13. The lowest BCUT2D eigenvalue weighted by atomic mass is 10.1. The second-order valence-corrected chi connectivity index (χ2v) is 7.27. The minimum Gasteiger partial charge on any atom is -0.462 e. The van der Waals surface area contributed by atoms with E-state index in [2.05, 4.69) is 0 Å². The first-order valence-electron chi connectivity index (χ1n) is 8.38. The standard InChI is InChI=1S/C21H17NO3S/c1-14-6-9-18(25-14)13-19-21(24)22(10-11-26-19)20(23)17-8-7-15-4-2-3-5-16(15)12-17/h2-9,12-13H,10-11H2,1H3/b19-13-. The predicted molar refractivity (Wildman–Crippen MR) is 104 cm³/mol. The van der Waals surface area contributed by atoms with Gasteiger partial charge >= 0.3 is 0 Å². The van der Waals surface area contributed by atoms with Crippen molar-refractivity contribution in [2.45, 2.75) is 6.92 Å². The Hall–Kier alpha value is -2.79. The third kappa shape index (κ3) is 3.18. The van der Waals surface area contributed by atoms with Crippen LogP contribution in [0.5, 0.6) is 0 Å². The van der Waals surface area contributed by atoms with Gasteiger partial charge in [-0.25, -0.2) is 0 Å². The van der Waals surface area contributed by atoms with Crippen LogP contribution in [0.2, 0.25) is 0 Å². The SMILES string of the molecule is Cc1ccc(/C=C2\SCCN(C(=O)c3ccc4ccccc4c3)C2=O)o1.